The summed E-state index contributed by atoms with van der Waals surface area (Å²) in [5.74, 6) is 0.512. The van der Waals surface area contributed by atoms with Crippen molar-refractivity contribution in [1.82, 2.24) is 6.76 Å². The van der Waals surface area contributed by atoms with Crippen molar-refractivity contribution in [2.24, 2.45) is 5.92 Å². The molecule has 0 aromatic carbocycles. The monoisotopic (exact) mass is 1250 g/mol. The van der Waals surface area contributed by atoms with Crippen molar-refractivity contribution in [3.8, 4) is 0 Å². The molecule has 0 saturated carbocycles. The smallest absolute Gasteiger partial charge is 0.0654 e. The van der Waals surface area contributed by atoms with Crippen LogP contribution < -0.4 is 0 Å². The van der Waals surface area contributed by atoms with E-state index in [0.717, 1.165) is 37.3 Å². The second kappa shape index (κ2) is 69.2. The molecular weight excluding hydrogens is 1090 g/mol. The molecule has 0 amide bonds. The second-order valence-electron chi connectivity index (χ2n) is 29.0. The Balaban J connectivity index is 5.93. The van der Waals surface area contributed by atoms with Crippen LogP contribution in [0, 0.1) is 5.92 Å². The summed E-state index contributed by atoms with van der Waals surface area (Å²) in [6.07, 6.45) is 94.4. The fourth-order valence-corrected chi connectivity index (χ4v) is 24.2. The molecule has 1 atom stereocenters. The molecule has 0 aromatic heterocycles. The number of unbranched alkanes of at least 4 members (excludes halogenated alkanes) is 61. The van der Waals surface area contributed by atoms with Gasteiger partial charge in [0.1, 0.15) is 0 Å². The van der Waals surface area contributed by atoms with Gasteiger partial charge in [-0.05, 0) is 0 Å². The Morgan fingerprint density at radius 1 is 0.224 bits per heavy atom. The van der Waals surface area contributed by atoms with Crippen molar-refractivity contribution in [3.05, 3.63) is 0 Å². The van der Waals surface area contributed by atoms with E-state index in [1.54, 1.807) is 0 Å². The summed E-state index contributed by atoms with van der Waals surface area (Å²) in [7, 11) is 8.66. The first-order valence-corrected chi connectivity index (χ1v) is 46.3. The van der Waals surface area contributed by atoms with Crippen LogP contribution in [0.5, 0.6) is 0 Å². The molecule has 0 radical (unpaired) electrons. The normalized spacial score (nSPS) is 13.0. The maximum atomic E-state index is 14.3. The first-order chi connectivity index (χ1) is 41.8. The van der Waals surface area contributed by atoms with Gasteiger partial charge in [-0.2, -0.15) is 0 Å². The Kier molecular flexibility index (Phi) is 70.0. The minimum Gasteiger partial charge on any atom is -0.0654 e. The van der Waals surface area contributed by atoms with E-state index in [4.69, 9.17) is 9.30 Å². The predicted molar refractivity (Wildman–Crippen MR) is 388 cm³/mol. The molecule has 3 nitrogen and oxygen atoms in total. The molecule has 1 N–H and O–H groups in total. The van der Waals surface area contributed by atoms with E-state index in [0.29, 0.717) is 5.92 Å². The average molecular weight is 1260 g/mol. The number of halogens is 1. The van der Waals surface area contributed by atoms with Crippen LogP contribution in [0.3, 0.4) is 0 Å². The van der Waals surface area contributed by atoms with Gasteiger partial charge in [0.15, 0.2) is 0 Å². The molecule has 0 bridgehead atoms. The molecule has 513 valence electrons. The van der Waals surface area contributed by atoms with Gasteiger partial charge in [-0.15, -0.1) is 0 Å². The summed E-state index contributed by atoms with van der Waals surface area (Å²) in [4.78, 5) is 0. The summed E-state index contributed by atoms with van der Waals surface area (Å²) < 4.78 is 20.6. The summed E-state index contributed by atoms with van der Waals surface area (Å²) in [6.45, 7) is 18.1. The standard InChI is InChI=1S/2C36H74N.C8H17.ClH.H2O.Ti/c2*1-3-5-7-9-11-13-15-17-19-21-23-25-27-29-31-33-35-37-36-34-32-30-28-26-24-22-20-18-16-14-12-10-8-6-4-2;1-4-6-7-8(3)5-2;;;/h2*3-36H2,1-2H3;8H,3-7H2,1-2H3;1H;1H2;/q2*-1;;;;+4/p-2. The van der Waals surface area contributed by atoms with Gasteiger partial charge in [-0.3, -0.25) is 0 Å². The molecule has 0 aliphatic heterocycles. The molecule has 0 spiro atoms. The van der Waals surface area contributed by atoms with E-state index >= 15 is 0 Å². The van der Waals surface area contributed by atoms with Crippen molar-refractivity contribution in [1.29, 1.82) is 0 Å². The molecular formula is C80H166ClN2OTi. The van der Waals surface area contributed by atoms with Crippen molar-refractivity contribution in [2.75, 3.05) is 26.2 Å². The number of hydrogen-bond donors (Lipinski definition) is 1. The quantitative estimate of drug-likeness (QED) is 0.0486. The zero-order chi connectivity index (χ0) is 61.8. The van der Waals surface area contributed by atoms with Crippen LogP contribution in [-0.2, 0) is 15.1 Å². The molecule has 0 fully saturated rings. The van der Waals surface area contributed by atoms with E-state index in [9.17, 15) is 3.69 Å². The van der Waals surface area contributed by atoms with Crippen LogP contribution in [0.4, 0.5) is 0 Å². The van der Waals surface area contributed by atoms with Gasteiger partial charge in [0.25, 0.3) is 0 Å². The molecule has 0 saturated heterocycles. The van der Waals surface area contributed by atoms with Crippen molar-refractivity contribution < 1.29 is 18.8 Å². The van der Waals surface area contributed by atoms with Crippen LogP contribution in [-0.4, -0.2) is 36.6 Å². The van der Waals surface area contributed by atoms with Crippen LogP contribution >= 0.6 is 9.30 Å². The van der Waals surface area contributed by atoms with Crippen LogP contribution in [0.25, 0.3) is 0 Å². The van der Waals surface area contributed by atoms with Crippen molar-refractivity contribution in [2.45, 2.75) is 483 Å². The molecule has 0 aliphatic carbocycles. The van der Waals surface area contributed by atoms with Gasteiger partial charge in [0.05, 0.1) is 0 Å². The molecule has 85 heavy (non-hydrogen) atoms. The van der Waals surface area contributed by atoms with E-state index in [1.165, 1.54) is 430 Å². The Labute approximate surface area is 546 Å². The second-order valence-corrected chi connectivity index (χ2v) is 38.4. The number of nitrogens with zero attached hydrogens (tertiary/aromatic N) is 2. The molecule has 1 unspecified atom stereocenters. The van der Waals surface area contributed by atoms with Gasteiger partial charge in [0.2, 0.25) is 0 Å². The molecule has 0 aromatic rings. The Morgan fingerprint density at radius 2 is 0.365 bits per heavy atom. The Hall–Kier alpha value is 0.884. The van der Waals surface area contributed by atoms with E-state index in [1.807, 2.05) is 0 Å². The minimum absolute atomic E-state index is 0.512. The fourth-order valence-electron chi connectivity index (χ4n) is 14.4. The molecule has 0 rings (SSSR count). The first-order valence-electron chi connectivity index (χ1n) is 40.9. The third-order valence-electron chi connectivity index (χ3n) is 20.6. The fraction of sp³-hybridized carbons (Fsp3) is 1.00. The number of hydrogen-bond acceptors (Lipinski definition) is 3. The summed E-state index contributed by atoms with van der Waals surface area (Å²) in [6, 6.07) is 0. The zero-order valence-electron chi connectivity index (χ0n) is 60.4. The van der Waals surface area contributed by atoms with Gasteiger partial charge >= 0.3 is 368 Å². The van der Waals surface area contributed by atoms with Gasteiger partial charge in [-0.25, -0.2) is 0 Å². The van der Waals surface area contributed by atoms with Crippen LogP contribution in [0.1, 0.15) is 478 Å². The minimum atomic E-state index is -4.94. The Morgan fingerprint density at radius 3 is 0.506 bits per heavy atom. The first kappa shape index (κ1) is 85.9. The SMILES string of the molecule is CCCCCCCCCCCCCCCCCC[N](CCCCCCCCCCCCCCCCCC)[Ti]([OH])([Cl])([CH2]C(CC)CCCC)[N](CCCCCCCCCCCCCCCCCC)CCCCCCCCCCCCCCCCCC. The molecule has 0 aliphatic rings. The van der Waals surface area contributed by atoms with Crippen molar-refractivity contribution in [3.63, 3.8) is 0 Å². The van der Waals surface area contributed by atoms with Gasteiger partial charge in [-0.1, -0.05) is 182 Å². The van der Waals surface area contributed by atoms with E-state index in [-0.39, 0.29) is 0 Å². The van der Waals surface area contributed by atoms with Crippen molar-refractivity contribution >= 4 is 9.30 Å². The van der Waals surface area contributed by atoms with Gasteiger partial charge < -0.3 is 0 Å². The number of rotatable bonds is 76. The van der Waals surface area contributed by atoms with Crippen LogP contribution in [0.15, 0.2) is 0 Å². The zero-order valence-corrected chi connectivity index (χ0v) is 62.7. The third kappa shape index (κ3) is 57.3. The maximum absolute atomic E-state index is 14.3. The van der Waals surface area contributed by atoms with E-state index in [2.05, 4.69) is 48.3 Å². The summed E-state index contributed by atoms with van der Waals surface area (Å²) in [5, 5.41) is 0. The average Bonchev–Trinajstić information content (AvgIpc) is 1.07. The van der Waals surface area contributed by atoms with Crippen LogP contribution in [0.2, 0.25) is 4.73 Å². The molecule has 0 heterocycles. The third-order valence-corrected chi connectivity index (χ3v) is 30.5. The van der Waals surface area contributed by atoms with Gasteiger partial charge in [0, 0.05) is 0 Å². The topological polar surface area (TPSA) is 26.7 Å². The predicted octanol–water partition coefficient (Wildman–Crippen LogP) is 29.9. The summed E-state index contributed by atoms with van der Waals surface area (Å²) in [5.41, 5.74) is 0. The molecule has 5 heteroatoms. The summed E-state index contributed by atoms with van der Waals surface area (Å²) >= 11 is -4.94. The van der Waals surface area contributed by atoms with E-state index < -0.39 is 15.1 Å². The Bertz CT molecular complexity index is 1080.